The summed E-state index contributed by atoms with van der Waals surface area (Å²) in [5, 5.41) is 0. The van der Waals surface area contributed by atoms with Gasteiger partial charge in [-0.05, 0) is 42.9 Å². The lowest BCUT2D eigenvalue weighted by Gasteiger charge is -2.15. The molecule has 1 aromatic carbocycles. The van der Waals surface area contributed by atoms with Gasteiger partial charge in [-0.2, -0.15) is 0 Å². The summed E-state index contributed by atoms with van der Waals surface area (Å²) in [7, 11) is -2.43. The summed E-state index contributed by atoms with van der Waals surface area (Å²) in [5.74, 6) is 0. The Balaban J connectivity index is 2.17. The van der Waals surface area contributed by atoms with E-state index in [4.69, 9.17) is 10.7 Å². The Morgan fingerprint density at radius 3 is 2.33 bits per heavy atom. The van der Waals surface area contributed by atoms with E-state index in [-0.39, 0.29) is 15.2 Å². The van der Waals surface area contributed by atoms with Gasteiger partial charge in [0.15, 0.2) is 0 Å². The van der Waals surface area contributed by atoms with Crippen LogP contribution in [-0.2, 0) is 19.1 Å². The van der Waals surface area contributed by atoms with Crippen molar-refractivity contribution in [1.29, 1.82) is 0 Å². The van der Waals surface area contributed by atoms with Gasteiger partial charge in [0.1, 0.15) is 0 Å². The largest absolute Gasteiger partial charge is 0.261 e. The zero-order valence-corrected chi connectivity index (χ0v) is 14.1. The van der Waals surface area contributed by atoms with Crippen molar-refractivity contribution < 1.29 is 16.8 Å². The van der Waals surface area contributed by atoms with Crippen LogP contribution in [0.1, 0.15) is 32.6 Å². The molecule has 0 heterocycles. The lowest BCUT2D eigenvalue weighted by molar-refractivity contribution is 0.449. The predicted octanol–water partition coefficient (Wildman–Crippen LogP) is 2.47. The second-order valence-electron chi connectivity index (χ2n) is 5.49. The van der Waals surface area contributed by atoms with Crippen LogP contribution < -0.4 is 4.72 Å². The van der Waals surface area contributed by atoms with Crippen LogP contribution in [0.2, 0.25) is 0 Å². The molecule has 0 bridgehead atoms. The third-order valence-corrected chi connectivity index (χ3v) is 6.52. The first kappa shape index (κ1) is 16.7. The van der Waals surface area contributed by atoms with Gasteiger partial charge in [-0.1, -0.05) is 19.4 Å². The Hall–Kier alpha value is -0.630. The van der Waals surface area contributed by atoms with E-state index in [0.29, 0.717) is 6.54 Å². The Kier molecular flexibility index (Phi) is 4.68. The summed E-state index contributed by atoms with van der Waals surface area (Å²) in [6.45, 7) is 2.46. The molecule has 21 heavy (non-hydrogen) atoms. The topological polar surface area (TPSA) is 80.3 Å². The lowest BCUT2D eigenvalue weighted by atomic mass is 10.0. The second-order valence-corrected chi connectivity index (χ2v) is 9.82. The molecule has 1 N–H and O–H groups in total. The molecule has 0 saturated heterocycles. The van der Waals surface area contributed by atoms with Crippen LogP contribution in [0, 0.1) is 5.41 Å². The van der Waals surface area contributed by atoms with Gasteiger partial charge < -0.3 is 0 Å². The Bertz CT molecular complexity index is 724. The van der Waals surface area contributed by atoms with Gasteiger partial charge in [-0.15, -0.1) is 0 Å². The van der Waals surface area contributed by atoms with Crippen molar-refractivity contribution in [3.05, 3.63) is 24.3 Å². The molecule has 0 amide bonds. The van der Waals surface area contributed by atoms with Gasteiger partial charge in [0.2, 0.25) is 10.0 Å². The zero-order valence-electron chi connectivity index (χ0n) is 11.7. The quantitative estimate of drug-likeness (QED) is 0.765. The smallest absolute Gasteiger partial charge is 0.211 e. The number of rotatable bonds is 7. The molecule has 1 saturated carbocycles. The minimum atomic E-state index is -3.95. The van der Waals surface area contributed by atoms with Gasteiger partial charge in [0.25, 0.3) is 9.05 Å². The molecule has 2 rings (SSSR count). The Morgan fingerprint density at radius 1 is 1.19 bits per heavy atom. The van der Waals surface area contributed by atoms with Crippen LogP contribution in [0.25, 0.3) is 0 Å². The summed E-state index contributed by atoms with van der Waals surface area (Å²) in [6.07, 6.45) is 4.06. The number of halogens is 1. The van der Waals surface area contributed by atoms with E-state index in [2.05, 4.69) is 11.6 Å². The first-order chi connectivity index (χ1) is 9.69. The Labute approximate surface area is 130 Å². The predicted molar refractivity (Wildman–Crippen MR) is 81.2 cm³/mol. The molecule has 0 unspecified atom stereocenters. The van der Waals surface area contributed by atoms with Crippen molar-refractivity contribution in [3.63, 3.8) is 0 Å². The molecule has 118 valence electrons. The normalized spacial score (nSPS) is 17.6. The molecule has 1 aliphatic rings. The highest BCUT2D eigenvalue weighted by molar-refractivity contribution is 8.13. The van der Waals surface area contributed by atoms with Crippen molar-refractivity contribution in [3.8, 4) is 0 Å². The van der Waals surface area contributed by atoms with Crippen LogP contribution in [0.3, 0.4) is 0 Å². The van der Waals surface area contributed by atoms with Crippen molar-refractivity contribution in [1.82, 2.24) is 4.72 Å². The maximum Gasteiger partial charge on any atom is 0.261 e. The monoisotopic (exact) mass is 351 g/mol. The summed E-state index contributed by atoms with van der Waals surface area (Å²) in [4.78, 5) is -0.307. The molecule has 0 radical (unpaired) electrons. The minimum Gasteiger partial charge on any atom is -0.211 e. The van der Waals surface area contributed by atoms with Gasteiger partial charge in [0, 0.05) is 17.2 Å². The average molecular weight is 352 g/mol. The highest BCUT2D eigenvalue weighted by atomic mass is 35.7. The van der Waals surface area contributed by atoms with E-state index in [1.54, 1.807) is 0 Å². The molecule has 0 aliphatic heterocycles. The first-order valence-electron chi connectivity index (χ1n) is 6.73. The average Bonchev–Trinajstić information content (AvgIpc) is 3.17. The van der Waals surface area contributed by atoms with Gasteiger partial charge in [-0.3, -0.25) is 0 Å². The van der Waals surface area contributed by atoms with Crippen LogP contribution in [0.15, 0.2) is 34.1 Å². The molecule has 1 aromatic rings. The molecule has 5 nitrogen and oxygen atoms in total. The lowest BCUT2D eigenvalue weighted by Crippen LogP contribution is -2.30. The maximum absolute atomic E-state index is 12.2. The molecular formula is C13H18ClNO4S2. The van der Waals surface area contributed by atoms with Crippen LogP contribution in [-0.4, -0.2) is 23.4 Å². The first-order valence-corrected chi connectivity index (χ1v) is 10.5. The number of sulfonamides is 1. The fourth-order valence-corrected chi connectivity index (χ4v) is 4.42. The number of nitrogens with one attached hydrogen (secondary N) is 1. The number of benzene rings is 1. The summed E-state index contributed by atoms with van der Waals surface area (Å²) >= 11 is 0. The molecular weight excluding hydrogens is 334 g/mol. The van der Waals surface area contributed by atoms with E-state index in [1.165, 1.54) is 18.2 Å². The van der Waals surface area contributed by atoms with Gasteiger partial charge >= 0.3 is 0 Å². The molecule has 0 aromatic heterocycles. The van der Waals surface area contributed by atoms with E-state index in [0.717, 1.165) is 31.7 Å². The Morgan fingerprint density at radius 2 is 1.81 bits per heavy atom. The van der Waals surface area contributed by atoms with E-state index >= 15 is 0 Å². The van der Waals surface area contributed by atoms with Crippen LogP contribution in [0.4, 0.5) is 0 Å². The zero-order chi connectivity index (χ0) is 15.7. The van der Waals surface area contributed by atoms with Crippen molar-refractivity contribution in [2.75, 3.05) is 6.54 Å². The number of hydrogen-bond acceptors (Lipinski definition) is 4. The second kappa shape index (κ2) is 5.87. The molecule has 1 fully saturated rings. The maximum atomic E-state index is 12.2. The van der Waals surface area contributed by atoms with Crippen LogP contribution >= 0.6 is 10.7 Å². The third kappa shape index (κ3) is 4.18. The standard InChI is InChI=1S/C13H18ClNO4S2/c1-2-6-13(7-8-13)10-15-21(18,19)12-5-3-4-11(9-12)20(14,16)17/h3-5,9,15H,2,6-8,10H2,1H3. The highest BCUT2D eigenvalue weighted by Gasteiger charge is 2.42. The SMILES string of the molecule is CCCC1(CNS(=O)(=O)c2cccc(S(=O)(=O)Cl)c2)CC1. The van der Waals surface area contributed by atoms with Gasteiger partial charge in [0.05, 0.1) is 9.79 Å². The van der Waals surface area contributed by atoms with Gasteiger partial charge in [-0.25, -0.2) is 21.6 Å². The van der Waals surface area contributed by atoms with E-state index in [1.807, 2.05) is 0 Å². The van der Waals surface area contributed by atoms with E-state index in [9.17, 15) is 16.8 Å². The van der Waals surface area contributed by atoms with Crippen molar-refractivity contribution in [2.24, 2.45) is 5.41 Å². The number of hydrogen-bond donors (Lipinski definition) is 1. The highest BCUT2D eigenvalue weighted by Crippen LogP contribution is 2.49. The fourth-order valence-electron chi connectivity index (χ4n) is 2.35. The summed E-state index contributed by atoms with van der Waals surface area (Å²) < 4.78 is 49.6. The summed E-state index contributed by atoms with van der Waals surface area (Å²) in [5.41, 5.74) is 0.0813. The van der Waals surface area contributed by atoms with Crippen molar-refractivity contribution >= 4 is 29.8 Å². The molecule has 8 heteroatoms. The minimum absolute atomic E-state index is 0.0813. The molecule has 1 aliphatic carbocycles. The third-order valence-electron chi connectivity index (χ3n) is 3.77. The molecule has 0 spiro atoms. The summed E-state index contributed by atoms with van der Waals surface area (Å²) in [6, 6.07) is 5.06. The fraction of sp³-hybridized carbons (Fsp3) is 0.538. The van der Waals surface area contributed by atoms with E-state index < -0.39 is 19.1 Å². The van der Waals surface area contributed by atoms with Crippen molar-refractivity contribution in [2.45, 2.75) is 42.4 Å². The molecule has 0 atom stereocenters. The van der Waals surface area contributed by atoms with Crippen LogP contribution in [0.5, 0.6) is 0 Å².